The first-order valence-corrected chi connectivity index (χ1v) is 9.02. The summed E-state index contributed by atoms with van der Waals surface area (Å²) in [7, 11) is -1.17. The molecule has 0 aromatic carbocycles. The maximum atomic E-state index is 11.6. The second-order valence-electron chi connectivity index (χ2n) is 5.74. The van der Waals surface area contributed by atoms with Crippen LogP contribution in [0.25, 0.3) is 11.5 Å². The summed E-state index contributed by atoms with van der Waals surface area (Å²) >= 11 is 0. The lowest BCUT2D eigenvalue weighted by Crippen LogP contribution is -2.27. The van der Waals surface area contributed by atoms with Crippen LogP contribution in [0.3, 0.4) is 0 Å². The zero-order valence-electron chi connectivity index (χ0n) is 12.7. The number of aromatic nitrogens is 4. The van der Waals surface area contributed by atoms with Gasteiger partial charge in [-0.1, -0.05) is 0 Å². The number of rotatable bonds is 4. The minimum Gasteiger partial charge on any atom is -0.333 e. The van der Waals surface area contributed by atoms with E-state index >= 15 is 0 Å². The first-order chi connectivity index (χ1) is 10.4. The van der Waals surface area contributed by atoms with Gasteiger partial charge in [0.05, 0.1) is 6.26 Å². The Labute approximate surface area is 130 Å². The van der Waals surface area contributed by atoms with Gasteiger partial charge in [-0.2, -0.15) is 0 Å². The monoisotopic (exact) mass is 321 g/mol. The smallest absolute Gasteiger partial charge is 0.211 e. The van der Waals surface area contributed by atoms with Crippen molar-refractivity contribution >= 4 is 10.0 Å². The summed E-state index contributed by atoms with van der Waals surface area (Å²) in [4.78, 5) is 12.9. The third-order valence-electron chi connectivity index (χ3n) is 3.99. The SMILES string of the molecule is Cn1ccnc1-c1cc(C[C@@H]2CCN(S(C)(=O)=O)C2)ncn1. The standard InChI is InChI=1S/C14H19N5O2S/c1-18-6-4-15-14(18)13-8-12(16-10-17-13)7-11-3-5-19(9-11)22(2,20)21/h4,6,8,10-11H,3,5,7,9H2,1-2H3/t11-/m0/s1. The largest absolute Gasteiger partial charge is 0.333 e. The minimum atomic E-state index is -3.09. The molecule has 0 radical (unpaired) electrons. The summed E-state index contributed by atoms with van der Waals surface area (Å²) in [5, 5.41) is 0. The molecule has 1 aliphatic rings. The van der Waals surface area contributed by atoms with E-state index in [2.05, 4.69) is 15.0 Å². The Hall–Kier alpha value is -1.80. The molecule has 0 N–H and O–H groups in total. The van der Waals surface area contributed by atoms with Crippen LogP contribution in [0.5, 0.6) is 0 Å². The lowest BCUT2D eigenvalue weighted by molar-refractivity contribution is 0.459. The summed E-state index contributed by atoms with van der Waals surface area (Å²) in [6.45, 7) is 1.17. The van der Waals surface area contributed by atoms with Crippen molar-refractivity contribution < 1.29 is 8.42 Å². The fourth-order valence-corrected chi connectivity index (χ4v) is 3.72. The van der Waals surface area contributed by atoms with Crippen LogP contribution in [0.2, 0.25) is 0 Å². The molecule has 118 valence electrons. The van der Waals surface area contributed by atoms with Crippen LogP contribution in [-0.2, 0) is 23.5 Å². The highest BCUT2D eigenvalue weighted by Crippen LogP contribution is 2.23. The van der Waals surface area contributed by atoms with Crippen molar-refractivity contribution in [3.8, 4) is 11.5 Å². The summed E-state index contributed by atoms with van der Waals surface area (Å²) in [6, 6.07) is 1.94. The predicted octanol–water partition coefficient (Wildman–Crippen LogP) is 0.701. The lowest BCUT2D eigenvalue weighted by atomic mass is 10.0. The van der Waals surface area contributed by atoms with Crippen LogP contribution in [0.1, 0.15) is 12.1 Å². The molecule has 0 saturated carbocycles. The Balaban J connectivity index is 1.73. The molecular formula is C14H19N5O2S. The van der Waals surface area contributed by atoms with Crippen LogP contribution in [-0.4, -0.2) is 51.6 Å². The highest BCUT2D eigenvalue weighted by molar-refractivity contribution is 7.88. The van der Waals surface area contributed by atoms with Gasteiger partial charge in [0.1, 0.15) is 12.0 Å². The van der Waals surface area contributed by atoms with Crippen LogP contribution < -0.4 is 0 Å². The highest BCUT2D eigenvalue weighted by atomic mass is 32.2. The van der Waals surface area contributed by atoms with Gasteiger partial charge in [0.2, 0.25) is 10.0 Å². The highest BCUT2D eigenvalue weighted by Gasteiger charge is 2.28. The van der Waals surface area contributed by atoms with Crippen LogP contribution >= 0.6 is 0 Å². The van der Waals surface area contributed by atoms with E-state index in [0.29, 0.717) is 19.0 Å². The average molecular weight is 321 g/mol. The van der Waals surface area contributed by atoms with Gasteiger partial charge in [-0.15, -0.1) is 0 Å². The average Bonchev–Trinajstić information content (AvgIpc) is 3.07. The Bertz CT molecular complexity index is 771. The summed E-state index contributed by atoms with van der Waals surface area (Å²) in [5.41, 5.74) is 1.71. The maximum absolute atomic E-state index is 11.6. The number of hydrogen-bond donors (Lipinski definition) is 0. The first-order valence-electron chi connectivity index (χ1n) is 7.17. The van der Waals surface area contributed by atoms with Crippen molar-refractivity contribution in [3.63, 3.8) is 0 Å². The van der Waals surface area contributed by atoms with Crippen LogP contribution in [0, 0.1) is 5.92 Å². The topological polar surface area (TPSA) is 81.0 Å². The third-order valence-corrected chi connectivity index (χ3v) is 5.26. The van der Waals surface area contributed by atoms with E-state index in [1.807, 2.05) is 23.9 Å². The minimum absolute atomic E-state index is 0.304. The second kappa shape index (κ2) is 5.77. The molecule has 1 saturated heterocycles. The number of nitrogens with zero attached hydrogens (tertiary/aromatic N) is 5. The molecule has 0 amide bonds. The second-order valence-corrected chi connectivity index (χ2v) is 7.72. The molecule has 0 aliphatic carbocycles. The van der Waals surface area contributed by atoms with E-state index in [0.717, 1.165) is 30.1 Å². The molecule has 1 aliphatic heterocycles. The predicted molar refractivity (Wildman–Crippen MR) is 82.5 cm³/mol. The van der Waals surface area contributed by atoms with Gasteiger partial charge in [-0.05, 0) is 24.8 Å². The van der Waals surface area contributed by atoms with Gasteiger partial charge in [0, 0.05) is 38.2 Å². The van der Waals surface area contributed by atoms with Crippen LogP contribution in [0.15, 0.2) is 24.8 Å². The summed E-state index contributed by atoms with van der Waals surface area (Å²) < 4.78 is 26.6. The van der Waals surface area contributed by atoms with E-state index in [-0.39, 0.29) is 0 Å². The molecule has 3 rings (SSSR count). The molecular weight excluding hydrogens is 302 g/mol. The van der Waals surface area contributed by atoms with Gasteiger partial charge in [-0.25, -0.2) is 27.7 Å². The summed E-state index contributed by atoms with van der Waals surface area (Å²) in [5.74, 6) is 1.10. The van der Waals surface area contributed by atoms with Crippen molar-refractivity contribution in [2.45, 2.75) is 12.8 Å². The quantitative estimate of drug-likeness (QED) is 0.828. The van der Waals surface area contributed by atoms with E-state index in [4.69, 9.17) is 0 Å². The van der Waals surface area contributed by atoms with Gasteiger partial charge in [-0.3, -0.25) is 0 Å². The van der Waals surface area contributed by atoms with Gasteiger partial charge >= 0.3 is 0 Å². The molecule has 0 unspecified atom stereocenters. The zero-order valence-corrected chi connectivity index (χ0v) is 13.5. The van der Waals surface area contributed by atoms with Crippen molar-refractivity contribution in [3.05, 3.63) is 30.5 Å². The number of hydrogen-bond acceptors (Lipinski definition) is 5. The van der Waals surface area contributed by atoms with E-state index in [1.54, 1.807) is 16.8 Å². The van der Waals surface area contributed by atoms with Crippen molar-refractivity contribution in [1.82, 2.24) is 23.8 Å². The molecule has 22 heavy (non-hydrogen) atoms. The molecule has 7 nitrogen and oxygen atoms in total. The maximum Gasteiger partial charge on any atom is 0.211 e. The van der Waals surface area contributed by atoms with Gasteiger partial charge in [0.15, 0.2) is 5.82 Å². The molecule has 0 spiro atoms. The van der Waals surface area contributed by atoms with Gasteiger partial charge in [0.25, 0.3) is 0 Å². The van der Waals surface area contributed by atoms with Crippen LogP contribution in [0.4, 0.5) is 0 Å². The molecule has 1 atom stereocenters. The fraction of sp³-hybridized carbons (Fsp3) is 0.500. The summed E-state index contributed by atoms with van der Waals surface area (Å²) in [6.07, 6.45) is 8.04. The van der Waals surface area contributed by atoms with E-state index in [1.165, 1.54) is 6.26 Å². The fourth-order valence-electron chi connectivity index (χ4n) is 2.80. The molecule has 0 bridgehead atoms. The molecule has 2 aromatic rings. The number of imidazole rings is 1. The van der Waals surface area contributed by atoms with Crippen molar-refractivity contribution in [2.24, 2.45) is 13.0 Å². The van der Waals surface area contributed by atoms with E-state index in [9.17, 15) is 8.42 Å². The van der Waals surface area contributed by atoms with E-state index < -0.39 is 10.0 Å². The number of sulfonamides is 1. The molecule has 1 fully saturated rings. The third kappa shape index (κ3) is 3.17. The number of aryl methyl sites for hydroxylation is 1. The Morgan fingerprint density at radius 2 is 2.14 bits per heavy atom. The lowest BCUT2D eigenvalue weighted by Gasteiger charge is -2.13. The molecule has 8 heteroatoms. The zero-order chi connectivity index (χ0) is 15.7. The van der Waals surface area contributed by atoms with Crippen molar-refractivity contribution in [1.29, 1.82) is 0 Å². The molecule has 2 aromatic heterocycles. The van der Waals surface area contributed by atoms with Crippen molar-refractivity contribution in [2.75, 3.05) is 19.3 Å². The Morgan fingerprint density at radius 1 is 1.32 bits per heavy atom. The molecule has 3 heterocycles. The first kappa shape index (κ1) is 15.1. The Kier molecular flexibility index (Phi) is 3.96. The Morgan fingerprint density at radius 3 is 2.77 bits per heavy atom. The van der Waals surface area contributed by atoms with Gasteiger partial charge < -0.3 is 4.57 Å². The normalized spacial score (nSPS) is 19.6.